The summed E-state index contributed by atoms with van der Waals surface area (Å²) in [5.41, 5.74) is 11.5. The number of aryl methyl sites for hydroxylation is 1. The van der Waals surface area contributed by atoms with E-state index in [0.717, 1.165) is 72.3 Å². The molecule has 8 aromatic carbocycles. The molecule has 0 spiro atoms. The quantitative estimate of drug-likeness (QED) is 0.123. The molecule has 0 bridgehead atoms. The van der Waals surface area contributed by atoms with Crippen LogP contribution in [0.1, 0.15) is 0 Å². The molecule has 7 nitrogen and oxygen atoms in total. The van der Waals surface area contributed by atoms with E-state index in [4.69, 9.17) is 9.72 Å². The van der Waals surface area contributed by atoms with Crippen LogP contribution < -0.4 is 9.30 Å². The van der Waals surface area contributed by atoms with Crippen LogP contribution >= 0.6 is 0 Å². The van der Waals surface area contributed by atoms with Gasteiger partial charge in [-0.15, -0.1) is 24.3 Å². The molecule has 0 fully saturated rings. The van der Waals surface area contributed by atoms with Crippen molar-refractivity contribution < 1.29 is 30.4 Å². The predicted molar refractivity (Wildman–Crippen MR) is 248 cm³/mol. The van der Waals surface area contributed by atoms with Gasteiger partial charge in [0.05, 0.1) is 33.3 Å². The normalized spacial score (nSPS) is 11.8. The Kier molecular flexibility index (Phi) is 8.50. The second-order valence-corrected chi connectivity index (χ2v) is 15.6. The van der Waals surface area contributed by atoms with E-state index in [9.17, 15) is 0 Å². The molecule has 8 heteroatoms. The Morgan fingerprint density at radius 2 is 1.13 bits per heavy atom. The van der Waals surface area contributed by atoms with E-state index >= 15 is 0 Å². The molecule has 13 aromatic rings. The summed E-state index contributed by atoms with van der Waals surface area (Å²) in [5.74, 6) is 1.93. The summed E-state index contributed by atoms with van der Waals surface area (Å²) in [6.45, 7) is 0. The van der Waals surface area contributed by atoms with E-state index in [2.05, 4.69) is 165 Å². The molecule has 5 heterocycles. The van der Waals surface area contributed by atoms with Crippen LogP contribution in [0.4, 0.5) is 0 Å². The predicted octanol–water partition coefficient (Wildman–Crippen LogP) is 12.3. The topological polar surface area (TPSA) is 45.7 Å². The fourth-order valence-corrected chi connectivity index (χ4v) is 9.69. The maximum absolute atomic E-state index is 6.74. The van der Waals surface area contributed by atoms with Gasteiger partial charge in [0.1, 0.15) is 5.82 Å². The molecule has 5 aromatic heterocycles. The van der Waals surface area contributed by atoms with E-state index in [-0.39, 0.29) is 21.1 Å². The van der Waals surface area contributed by atoms with Gasteiger partial charge in [0.15, 0.2) is 0 Å². The minimum absolute atomic E-state index is 0. The zero-order valence-electron chi connectivity index (χ0n) is 33.8. The van der Waals surface area contributed by atoms with E-state index < -0.39 is 0 Å². The molecule has 0 amide bonds. The Bertz CT molecular complexity index is 3900. The molecule has 0 radical (unpaired) electrons. The van der Waals surface area contributed by atoms with Gasteiger partial charge in [0.25, 0.3) is 6.33 Å². The summed E-state index contributed by atoms with van der Waals surface area (Å²) >= 11 is 0. The van der Waals surface area contributed by atoms with Crippen LogP contribution in [0, 0.1) is 18.5 Å². The maximum Gasteiger partial charge on any atom is 0.268 e. The van der Waals surface area contributed by atoms with Crippen molar-refractivity contribution in [2.75, 3.05) is 0 Å². The molecule has 13 rings (SSSR count). The molecule has 0 aliphatic rings. The van der Waals surface area contributed by atoms with Crippen LogP contribution in [0.3, 0.4) is 0 Å². The Morgan fingerprint density at radius 1 is 0.492 bits per heavy atom. The van der Waals surface area contributed by atoms with Gasteiger partial charge in [0, 0.05) is 84.1 Å². The number of ether oxygens (including phenoxy) is 1. The van der Waals surface area contributed by atoms with Gasteiger partial charge in [-0.1, -0.05) is 114 Å². The number of aromatic nitrogens is 6. The molecule has 0 saturated heterocycles. The third-order valence-electron chi connectivity index (χ3n) is 12.2. The number of fused-ring (bicyclic) bond motifs is 13. The number of rotatable bonds is 6. The number of pyridine rings is 1. The van der Waals surface area contributed by atoms with Crippen LogP contribution in [0.5, 0.6) is 11.5 Å². The summed E-state index contributed by atoms with van der Waals surface area (Å²) in [5, 5.41) is 7.02. The minimum Gasteiger partial charge on any atom is -0.510 e. The molecule has 0 saturated carbocycles. The first-order chi connectivity index (χ1) is 30.7. The second-order valence-electron chi connectivity index (χ2n) is 15.6. The monoisotopic (exact) mass is 989 g/mol. The molecule has 302 valence electrons. The molecule has 0 aliphatic heterocycles. The minimum atomic E-state index is 0. The molecule has 0 aliphatic carbocycles. The fraction of sp³-hybridized carbons (Fsp3) is 0.0182. The largest absolute Gasteiger partial charge is 0.510 e. The Balaban J connectivity index is 0.00000421. The van der Waals surface area contributed by atoms with Gasteiger partial charge in [-0.3, -0.25) is 4.57 Å². The van der Waals surface area contributed by atoms with Crippen molar-refractivity contribution in [3.8, 4) is 34.4 Å². The van der Waals surface area contributed by atoms with Crippen molar-refractivity contribution in [2.45, 2.75) is 0 Å². The third kappa shape index (κ3) is 5.49. The zero-order valence-corrected chi connectivity index (χ0v) is 36.1. The number of hydrogen-bond acceptors (Lipinski definition) is 2. The van der Waals surface area contributed by atoms with E-state index in [1.807, 2.05) is 71.4 Å². The summed E-state index contributed by atoms with van der Waals surface area (Å²) in [7, 11) is 2.19. The van der Waals surface area contributed by atoms with Gasteiger partial charge in [0.2, 0.25) is 0 Å². The van der Waals surface area contributed by atoms with Crippen LogP contribution in [0.2, 0.25) is 0 Å². The summed E-state index contributed by atoms with van der Waals surface area (Å²) in [6.07, 6.45) is 5.43. The molecular weight excluding hydrogens is 956 g/mol. The Hall–Kier alpha value is -7.73. The van der Waals surface area contributed by atoms with Crippen molar-refractivity contribution in [3.05, 3.63) is 207 Å². The third-order valence-corrected chi connectivity index (χ3v) is 12.2. The number of imidazole rings is 1. The smallest absolute Gasteiger partial charge is 0.268 e. The van der Waals surface area contributed by atoms with Crippen LogP contribution in [-0.4, -0.2) is 23.3 Å². The van der Waals surface area contributed by atoms with Crippen LogP contribution in [-0.2, 0) is 28.1 Å². The van der Waals surface area contributed by atoms with Crippen molar-refractivity contribution >= 4 is 76.5 Å². The Labute approximate surface area is 376 Å². The second kappa shape index (κ2) is 14.4. The van der Waals surface area contributed by atoms with Crippen LogP contribution in [0.15, 0.2) is 188 Å². The van der Waals surface area contributed by atoms with Gasteiger partial charge >= 0.3 is 0 Å². The first-order valence-corrected chi connectivity index (χ1v) is 20.7. The van der Waals surface area contributed by atoms with E-state index in [1.54, 1.807) is 0 Å². The van der Waals surface area contributed by atoms with Gasteiger partial charge in [-0.2, -0.15) is 18.2 Å². The molecule has 0 atom stereocenters. The number of nitrogens with zero attached hydrogens (tertiary/aromatic N) is 6. The SMILES string of the molecule is Cn1c2ccccc2c2c3c4ccccc4n(-c4ccccc4)c3c3c(c4ccc(Oc5[c-]c(-[n+]6[c-]n(-c7ccccc7)c7ccccc76)ccc5)[c-]c4n3-c3ccccn3)c21.[Pt]. The zero-order chi connectivity index (χ0) is 40.9. The first kappa shape index (κ1) is 37.1. The van der Waals surface area contributed by atoms with Crippen molar-refractivity contribution in [3.63, 3.8) is 0 Å². The average molecular weight is 990 g/mol. The van der Waals surface area contributed by atoms with Gasteiger partial charge in [-0.05, 0) is 59.6 Å². The van der Waals surface area contributed by atoms with Crippen molar-refractivity contribution in [1.29, 1.82) is 0 Å². The standard InChI is InChI=1S/C55H34N6O.Pt/c1-57-44-25-10-8-23-41(44)50-51-42-24-9-11-26-45(42)60(37-19-6-3-7-20-37)54(51)55-52(53(50)57)43-31-30-40(34-48(43)61(55)49-29-14-15-32-56-49)62-39-22-16-21-38(33-39)59-35-58(36-17-4-2-5-18-36)46-27-12-13-28-47(46)59;/h2-32H,1H3;/q-2;. The van der Waals surface area contributed by atoms with Gasteiger partial charge < -0.3 is 23.0 Å². The average Bonchev–Trinajstić information content (AvgIpc) is 4.07. The van der Waals surface area contributed by atoms with Crippen LogP contribution in [0.25, 0.3) is 99.3 Å². The maximum atomic E-state index is 6.74. The summed E-state index contributed by atoms with van der Waals surface area (Å²) in [4.78, 5) is 5.01. The first-order valence-electron chi connectivity index (χ1n) is 20.7. The van der Waals surface area contributed by atoms with Crippen molar-refractivity contribution in [2.24, 2.45) is 7.05 Å². The fourth-order valence-electron chi connectivity index (χ4n) is 9.69. The molecule has 0 unspecified atom stereocenters. The molecular formula is C55H34N6OPt-2. The summed E-state index contributed by atoms with van der Waals surface area (Å²) < 4.78 is 17.9. The number of benzene rings is 8. The van der Waals surface area contributed by atoms with Gasteiger partial charge in [-0.25, -0.2) is 4.98 Å². The number of para-hydroxylation sites is 6. The Morgan fingerprint density at radius 3 is 1.90 bits per heavy atom. The number of hydrogen-bond donors (Lipinski definition) is 0. The molecule has 63 heavy (non-hydrogen) atoms. The van der Waals surface area contributed by atoms with E-state index in [0.29, 0.717) is 11.5 Å². The summed E-state index contributed by atoms with van der Waals surface area (Å²) in [6, 6.07) is 70.4. The van der Waals surface area contributed by atoms with Crippen molar-refractivity contribution in [1.82, 2.24) is 23.3 Å². The van der Waals surface area contributed by atoms with E-state index in [1.165, 1.54) is 27.1 Å². The molecule has 0 N–H and O–H groups in total.